The van der Waals surface area contributed by atoms with Crippen LogP contribution in [0, 0.1) is 0 Å². The third-order valence-electron chi connectivity index (χ3n) is 3.36. The summed E-state index contributed by atoms with van der Waals surface area (Å²) < 4.78 is 5.05. The average molecular weight is 275 g/mol. The summed E-state index contributed by atoms with van der Waals surface area (Å²) in [6.45, 7) is 0.503. The van der Waals surface area contributed by atoms with Crippen LogP contribution in [0.4, 0.5) is 0 Å². The molecule has 1 aliphatic heterocycles. The zero-order valence-electron chi connectivity index (χ0n) is 11.3. The minimum absolute atomic E-state index is 0.259. The van der Waals surface area contributed by atoms with Gasteiger partial charge in [-0.25, -0.2) is 4.79 Å². The Hall–Kier alpha value is -2.30. The number of hydrogen-bond donors (Lipinski definition) is 1. The lowest BCUT2D eigenvalue weighted by Crippen LogP contribution is -2.39. The van der Waals surface area contributed by atoms with E-state index in [-0.39, 0.29) is 5.91 Å². The fraction of sp³-hybridized carbons (Fsp3) is 0.333. The molecule has 1 saturated heterocycles. The molecule has 1 amide bonds. The van der Waals surface area contributed by atoms with Gasteiger partial charge in [-0.2, -0.15) is 0 Å². The molecule has 20 heavy (non-hydrogen) atoms. The first kappa shape index (κ1) is 14.1. The van der Waals surface area contributed by atoms with Crippen molar-refractivity contribution in [1.82, 2.24) is 4.90 Å². The highest BCUT2D eigenvalue weighted by Crippen LogP contribution is 2.18. The minimum Gasteiger partial charge on any atom is -0.497 e. The molecule has 1 atom stereocenters. The molecule has 1 heterocycles. The number of methoxy groups -OCH3 is 1. The second-order valence-electron chi connectivity index (χ2n) is 4.63. The van der Waals surface area contributed by atoms with Gasteiger partial charge in [-0.1, -0.05) is 12.1 Å². The van der Waals surface area contributed by atoms with Crippen LogP contribution < -0.4 is 4.74 Å². The van der Waals surface area contributed by atoms with Gasteiger partial charge in [0, 0.05) is 12.6 Å². The first-order chi connectivity index (χ1) is 9.61. The Kier molecular flexibility index (Phi) is 4.40. The van der Waals surface area contributed by atoms with Crippen molar-refractivity contribution in [2.45, 2.75) is 18.9 Å². The molecule has 1 fully saturated rings. The van der Waals surface area contributed by atoms with Crippen molar-refractivity contribution in [2.75, 3.05) is 13.7 Å². The Morgan fingerprint density at radius 2 is 2.05 bits per heavy atom. The summed E-state index contributed by atoms with van der Waals surface area (Å²) in [5.74, 6) is -0.446. The van der Waals surface area contributed by atoms with Crippen LogP contribution in [-0.4, -0.2) is 41.6 Å². The smallest absolute Gasteiger partial charge is 0.326 e. The van der Waals surface area contributed by atoms with Gasteiger partial charge in [0.25, 0.3) is 0 Å². The van der Waals surface area contributed by atoms with Gasteiger partial charge < -0.3 is 14.7 Å². The van der Waals surface area contributed by atoms with Crippen molar-refractivity contribution in [3.05, 3.63) is 35.9 Å². The monoisotopic (exact) mass is 275 g/mol. The molecule has 1 unspecified atom stereocenters. The van der Waals surface area contributed by atoms with E-state index in [1.807, 2.05) is 12.1 Å². The second-order valence-corrected chi connectivity index (χ2v) is 4.63. The van der Waals surface area contributed by atoms with E-state index in [9.17, 15) is 9.59 Å². The molecule has 1 N–H and O–H groups in total. The van der Waals surface area contributed by atoms with Gasteiger partial charge in [0.05, 0.1) is 7.11 Å². The summed E-state index contributed by atoms with van der Waals surface area (Å²) in [5, 5.41) is 9.04. The topological polar surface area (TPSA) is 66.8 Å². The van der Waals surface area contributed by atoms with Gasteiger partial charge in [0.1, 0.15) is 11.8 Å². The normalized spacial score (nSPS) is 18.4. The maximum Gasteiger partial charge on any atom is 0.326 e. The van der Waals surface area contributed by atoms with Crippen molar-refractivity contribution >= 4 is 18.0 Å². The molecule has 0 spiro atoms. The summed E-state index contributed by atoms with van der Waals surface area (Å²) in [4.78, 5) is 24.4. The van der Waals surface area contributed by atoms with Gasteiger partial charge in [0.15, 0.2) is 0 Å². The summed E-state index contributed by atoms with van der Waals surface area (Å²) in [6, 6.07) is 6.59. The van der Waals surface area contributed by atoms with Gasteiger partial charge in [-0.15, -0.1) is 0 Å². The standard InChI is InChI=1S/C15H17NO4/c1-20-12-7-4-11(5-8-12)6-9-14(17)16-10-2-3-13(16)15(18)19/h4-9,13H,2-3,10H2,1H3,(H,18,19)/b9-6+. The molecule has 1 aromatic rings. The van der Waals surface area contributed by atoms with E-state index in [0.717, 1.165) is 17.7 Å². The summed E-state index contributed by atoms with van der Waals surface area (Å²) in [7, 11) is 1.59. The van der Waals surface area contributed by atoms with Crippen LogP contribution in [0.2, 0.25) is 0 Å². The van der Waals surface area contributed by atoms with Crippen molar-refractivity contribution in [3.63, 3.8) is 0 Å². The molecule has 2 rings (SSSR count). The van der Waals surface area contributed by atoms with Crippen molar-refractivity contribution in [2.24, 2.45) is 0 Å². The van der Waals surface area contributed by atoms with Crippen LogP contribution in [-0.2, 0) is 9.59 Å². The Bertz CT molecular complexity index is 521. The molecule has 0 aliphatic carbocycles. The van der Waals surface area contributed by atoms with Crippen molar-refractivity contribution in [3.8, 4) is 5.75 Å². The highest BCUT2D eigenvalue weighted by atomic mass is 16.5. The molecule has 5 nitrogen and oxygen atoms in total. The molecule has 106 valence electrons. The molecule has 0 aromatic heterocycles. The van der Waals surface area contributed by atoms with E-state index in [0.29, 0.717) is 13.0 Å². The predicted octanol–water partition coefficient (Wildman–Crippen LogP) is 1.78. The fourth-order valence-electron chi connectivity index (χ4n) is 2.27. The first-order valence-corrected chi connectivity index (χ1v) is 6.47. The number of carbonyl (C=O) groups is 2. The Morgan fingerprint density at radius 3 is 2.65 bits per heavy atom. The molecule has 5 heteroatoms. The molecular formula is C15H17NO4. The molecule has 0 bridgehead atoms. The lowest BCUT2D eigenvalue weighted by atomic mass is 10.2. The molecule has 0 saturated carbocycles. The number of hydrogen-bond acceptors (Lipinski definition) is 3. The lowest BCUT2D eigenvalue weighted by Gasteiger charge is -2.19. The van der Waals surface area contributed by atoms with E-state index in [2.05, 4.69) is 0 Å². The number of carboxylic acid groups (broad SMARTS) is 1. The van der Waals surface area contributed by atoms with E-state index in [1.165, 1.54) is 11.0 Å². The third kappa shape index (κ3) is 3.17. The molecular weight excluding hydrogens is 258 g/mol. The van der Waals surface area contributed by atoms with Crippen LogP contribution in [0.25, 0.3) is 6.08 Å². The van der Waals surface area contributed by atoms with E-state index < -0.39 is 12.0 Å². The number of rotatable bonds is 4. The number of aliphatic carboxylic acids is 1. The van der Waals surface area contributed by atoms with E-state index in [1.54, 1.807) is 25.3 Å². The van der Waals surface area contributed by atoms with Gasteiger partial charge in [-0.05, 0) is 36.6 Å². The number of likely N-dealkylation sites (tertiary alicyclic amines) is 1. The Balaban J connectivity index is 2.02. The first-order valence-electron chi connectivity index (χ1n) is 6.47. The molecule has 0 radical (unpaired) electrons. The van der Waals surface area contributed by atoms with Crippen LogP contribution in [0.3, 0.4) is 0 Å². The highest BCUT2D eigenvalue weighted by Gasteiger charge is 2.32. The minimum atomic E-state index is -0.936. The number of amides is 1. The van der Waals surface area contributed by atoms with E-state index >= 15 is 0 Å². The number of benzene rings is 1. The van der Waals surface area contributed by atoms with Gasteiger partial charge >= 0.3 is 5.97 Å². The molecule has 1 aliphatic rings. The second kappa shape index (κ2) is 6.23. The summed E-state index contributed by atoms with van der Waals surface area (Å²) in [5.41, 5.74) is 0.866. The zero-order chi connectivity index (χ0) is 14.5. The average Bonchev–Trinajstić information content (AvgIpc) is 2.95. The maximum absolute atomic E-state index is 12.0. The SMILES string of the molecule is COc1ccc(/C=C/C(=O)N2CCCC2C(=O)O)cc1. The van der Waals surface area contributed by atoms with Crippen LogP contribution in [0.5, 0.6) is 5.75 Å². The lowest BCUT2D eigenvalue weighted by molar-refractivity contribution is -0.146. The number of carbonyl (C=O) groups excluding carboxylic acids is 1. The third-order valence-corrected chi connectivity index (χ3v) is 3.36. The fourth-order valence-corrected chi connectivity index (χ4v) is 2.27. The van der Waals surface area contributed by atoms with Crippen molar-refractivity contribution in [1.29, 1.82) is 0 Å². The number of ether oxygens (including phenoxy) is 1. The summed E-state index contributed by atoms with van der Waals surface area (Å²) >= 11 is 0. The number of carboxylic acids is 1. The van der Waals surface area contributed by atoms with E-state index in [4.69, 9.17) is 9.84 Å². The zero-order valence-corrected chi connectivity index (χ0v) is 11.3. The van der Waals surface area contributed by atoms with Crippen LogP contribution in [0.1, 0.15) is 18.4 Å². The summed E-state index contributed by atoms with van der Waals surface area (Å²) in [6.07, 6.45) is 4.36. The van der Waals surface area contributed by atoms with Gasteiger partial charge in [-0.3, -0.25) is 4.79 Å². The van der Waals surface area contributed by atoms with Crippen molar-refractivity contribution < 1.29 is 19.4 Å². The largest absolute Gasteiger partial charge is 0.497 e. The van der Waals surface area contributed by atoms with Crippen LogP contribution >= 0.6 is 0 Å². The van der Waals surface area contributed by atoms with Gasteiger partial charge in [0.2, 0.25) is 5.91 Å². The maximum atomic E-state index is 12.0. The predicted molar refractivity (Wildman–Crippen MR) is 74.4 cm³/mol. The Morgan fingerprint density at radius 1 is 1.35 bits per heavy atom. The number of nitrogens with zero attached hydrogens (tertiary/aromatic N) is 1. The Labute approximate surface area is 117 Å². The highest BCUT2D eigenvalue weighted by molar-refractivity contribution is 5.94. The molecule has 1 aromatic carbocycles. The quantitative estimate of drug-likeness (QED) is 0.851. The van der Waals surface area contributed by atoms with Crippen LogP contribution in [0.15, 0.2) is 30.3 Å².